The Morgan fingerprint density at radius 2 is 2.26 bits per heavy atom. The lowest BCUT2D eigenvalue weighted by Crippen LogP contribution is -2.26. The molecule has 1 fully saturated rings. The molecule has 0 spiro atoms. The van der Waals surface area contributed by atoms with E-state index in [-0.39, 0.29) is 16.6 Å². The third-order valence-corrected chi connectivity index (χ3v) is 3.78. The first-order chi connectivity index (χ1) is 9.02. The van der Waals surface area contributed by atoms with Gasteiger partial charge in [-0.3, -0.25) is 9.59 Å². The van der Waals surface area contributed by atoms with Crippen molar-refractivity contribution < 1.29 is 9.59 Å². The number of hydrogen-bond acceptors (Lipinski definition) is 2. The Hall–Kier alpha value is -1.36. The molecule has 1 heterocycles. The van der Waals surface area contributed by atoms with Gasteiger partial charge >= 0.3 is 0 Å². The van der Waals surface area contributed by atoms with Crippen molar-refractivity contribution in [3.63, 3.8) is 0 Å². The predicted molar refractivity (Wildman–Crippen MR) is 78.9 cm³/mol. The van der Waals surface area contributed by atoms with Crippen molar-refractivity contribution in [3.05, 3.63) is 29.3 Å². The van der Waals surface area contributed by atoms with Crippen LogP contribution in [0.25, 0.3) is 0 Å². The number of nitrogens with one attached hydrogen (secondary N) is 1. The fraction of sp³-hybridized carbons (Fsp3) is 0.429. The number of nitrogens with zero attached hydrogens (tertiary/aromatic N) is 1. The van der Waals surface area contributed by atoms with Crippen LogP contribution in [0, 0.1) is 6.92 Å². The van der Waals surface area contributed by atoms with E-state index in [0.29, 0.717) is 25.1 Å². The predicted octanol–water partition coefficient (Wildman–Crippen LogP) is 2.24. The second-order valence-corrected chi connectivity index (χ2v) is 5.96. The molecule has 5 heteroatoms. The number of alkyl halides is 1. The fourth-order valence-corrected chi connectivity index (χ4v) is 2.83. The molecule has 19 heavy (non-hydrogen) atoms. The first kappa shape index (κ1) is 14.1. The summed E-state index contributed by atoms with van der Waals surface area (Å²) < 4.78 is 0. The average molecular weight is 325 g/mol. The summed E-state index contributed by atoms with van der Waals surface area (Å²) in [6.07, 6.45) is 0.525. The summed E-state index contributed by atoms with van der Waals surface area (Å²) in [6.45, 7) is 5.10. The lowest BCUT2D eigenvalue weighted by Gasteiger charge is -2.19. The Kier molecular flexibility index (Phi) is 4.24. The van der Waals surface area contributed by atoms with Crippen molar-refractivity contribution >= 4 is 33.4 Å². The van der Waals surface area contributed by atoms with Gasteiger partial charge in [-0.05, 0) is 37.6 Å². The summed E-state index contributed by atoms with van der Waals surface area (Å²) in [7, 11) is 0. The summed E-state index contributed by atoms with van der Waals surface area (Å²) >= 11 is 3.47. The van der Waals surface area contributed by atoms with E-state index in [1.807, 2.05) is 26.0 Å². The molecule has 2 amide bonds. The minimum absolute atomic E-state index is 0.0803. The van der Waals surface area contributed by atoms with Crippen LogP contribution in [0.5, 0.6) is 0 Å². The maximum atomic E-state index is 11.9. The highest BCUT2D eigenvalue weighted by Gasteiger charge is 2.29. The number of anilines is 1. The van der Waals surface area contributed by atoms with E-state index < -0.39 is 0 Å². The molecule has 1 atom stereocenters. The van der Waals surface area contributed by atoms with Crippen LogP contribution in [-0.2, 0) is 4.79 Å². The molecule has 0 radical (unpaired) electrons. The van der Waals surface area contributed by atoms with E-state index in [2.05, 4.69) is 21.2 Å². The van der Waals surface area contributed by atoms with Crippen LogP contribution in [0.3, 0.4) is 0 Å². The molecular weight excluding hydrogens is 308 g/mol. The largest absolute Gasteiger partial charge is 0.352 e. The molecule has 1 aliphatic heterocycles. The molecule has 1 saturated heterocycles. The minimum Gasteiger partial charge on any atom is -0.352 e. The van der Waals surface area contributed by atoms with Gasteiger partial charge in [-0.25, -0.2) is 0 Å². The first-order valence-corrected chi connectivity index (χ1v) is 7.27. The Bertz CT molecular complexity index is 516. The zero-order valence-corrected chi connectivity index (χ0v) is 12.7. The SMILES string of the molecule is CCNC(=O)c1ccc(N2CC(Br)CC2=O)c(C)c1. The van der Waals surface area contributed by atoms with E-state index >= 15 is 0 Å². The van der Waals surface area contributed by atoms with Gasteiger partial charge in [0.1, 0.15) is 0 Å². The molecule has 0 aromatic heterocycles. The quantitative estimate of drug-likeness (QED) is 0.867. The van der Waals surface area contributed by atoms with Crippen LogP contribution in [0.2, 0.25) is 0 Å². The summed E-state index contributed by atoms with van der Waals surface area (Å²) in [5.41, 5.74) is 2.46. The van der Waals surface area contributed by atoms with E-state index in [1.165, 1.54) is 0 Å². The lowest BCUT2D eigenvalue weighted by molar-refractivity contribution is -0.117. The fourth-order valence-electron chi connectivity index (χ4n) is 2.26. The monoisotopic (exact) mass is 324 g/mol. The second kappa shape index (κ2) is 5.74. The number of benzene rings is 1. The molecule has 0 saturated carbocycles. The maximum Gasteiger partial charge on any atom is 0.251 e. The molecule has 1 N–H and O–H groups in total. The van der Waals surface area contributed by atoms with Crippen molar-refractivity contribution in [2.45, 2.75) is 25.1 Å². The van der Waals surface area contributed by atoms with Crippen LogP contribution in [0.1, 0.15) is 29.3 Å². The van der Waals surface area contributed by atoms with Crippen molar-refractivity contribution in [1.29, 1.82) is 0 Å². The van der Waals surface area contributed by atoms with E-state index in [9.17, 15) is 9.59 Å². The van der Waals surface area contributed by atoms with Crippen LogP contribution in [-0.4, -0.2) is 29.7 Å². The molecule has 0 aliphatic carbocycles. The smallest absolute Gasteiger partial charge is 0.251 e. The number of halogens is 1. The van der Waals surface area contributed by atoms with Crippen LogP contribution < -0.4 is 10.2 Å². The van der Waals surface area contributed by atoms with Gasteiger partial charge in [0.2, 0.25) is 5.91 Å². The standard InChI is InChI=1S/C14H17BrN2O2/c1-3-16-14(19)10-4-5-12(9(2)6-10)17-8-11(15)7-13(17)18/h4-6,11H,3,7-8H2,1-2H3,(H,16,19). The summed E-state index contributed by atoms with van der Waals surface area (Å²) in [5.74, 6) is 0.0407. The molecule has 1 aromatic rings. The number of aryl methyl sites for hydroxylation is 1. The molecule has 1 unspecified atom stereocenters. The van der Waals surface area contributed by atoms with Gasteiger partial charge in [0.05, 0.1) is 0 Å². The summed E-state index contributed by atoms with van der Waals surface area (Å²) in [5, 5.41) is 2.77. The lowest BCUT2D eigenvalue weighted by atomic mass is 10.1. The van der Waals surface area contributed by atoms with Gasteiger partial charge in [0, 0.05) is 35.6 Å². The highest BCUT2D eigenvalue weighted by Crippen LogP contribution is 2.28. The highest BCUT2D eigenvalue weighted by atomic mass is 79.9. The van der Waals surface area contributed by atoms with Crippen LogP contribution >= 0.6 is 15.9 Å². The number of hydrogen-bond donors (Lipinski definition) is 1. The molecule has 102 valence electrons. The number of amides is 2. The van der Waals surface area contributed by atoms with E-state index in [4.69, 9.17) is 0 Å². The third kappa shape index (κ3) is 2.97. The van der Waals surface area contributed by atoms with E-state index in [1.54, 1.807) is 11.0 Å². The zero-order chi connectivity index (χ0) is 14.0. The minimum atomic E-state index is -0.0803. The number of carbonyl (C=O) groups excluding carboxylic acids is 2. The molecule has 0 bridgehead atoms. The van der Waals surface area contributed by atoms with Gasteiger partial charge in [-0.1, -0.05) is 15.9 Å². The van der Waals surface area contributed by atoms with Crippen LogP contribution in [0.15, 0.2) is 18.2 Å². The summed E-state index contributed by atoms with van der Waals surface area (Å²) in [6, 6.07) is 5.44. The Balaban J connectivity index is 2.25. The van der Waals surface area contributed by atoms with E-state index in [0.717, 1.165) is 11.3 Å². The third-order valence-electron chi connectivity index (χ3n) is 3.16. The number of carbonyl (C=O) groups is 2. The van der Waals surface area contributed by atoms with Gasteiger partial charge in [-0.2, -0.15) is 0 Å². The highest BCUT2D eigenvalue weighted by molar-refractivity contribution is 9.09. The topological polar surface area (TPSA) is 49.4 Å². The normalized spacial score (nSPS) is 18.8. The van der Waals surface area contributed by atoms with Gasteiger partial charge in [0.25, 0.3) is 5.91 Å². The van der Waals surface area contributed by atoms with Crippen molar-refractivity contribution in [3.8, 4) is 0 Å². The average Bonchev–Trinajstić information content (AvgIpc) is 2.68. The van der Waals surface area contributed by atoms with Crippen molar-refractivity contribution in [1.82, 2.24) is 5.32 Å². The van der Waals surface area contributed by atoms with Gasteiger partial charge < -0.3 is 10.2 Å². The maximum absolute atomic E-state index is 11.9. The molecule has 4 nitrogen and oxygen atoms in total. The van der Waals surface area contributed by atoms with Gasteiger partial charge in [0.15, 0.2) is 0 Å². The Labute approximate surface area is 121 Å². The zero-order valence-electron chi connectivity index (χ0n) is 11.1. The molecule has 1 aliphatic rings. The Morgan fingerprint density at radius 3 is 2.79 bits per heavy atom. The number of rotatable bonds is 3. The summed E-state index contributed by atoms with van der Waals surface area (Å²) in [4.78, 5) is 25.6. The molecule has 1 aromatic carbocycles. The van der Waals surface area contributed by atoms with Crippen molar-refractivity contribution in [2.24, 2.45) is 0 Å². The van der Waals surface area contributed by atoms with Crippen molar-refractivity contribution in [2.75, 3.05) is 18.0 Å². The molecule has 2 rings (SSSR count). The molecular formula is C14H17BrN2O2. The Morgan fingerprint density at radius 1 is 1.53 bits per heavy atom. The van der Waals surface area contributed by atoms with Gasteiger partial charge in [-0.15, -0.1) is 0 Å². The second-order valence-electron chi connectivity index (χ2n) is 4.67. The van der Waals surface area contributed by atoms with Crippen LogP contribution in [0.4, 0.5) is 5.69 Å². The first-order valence-electron chi connectivity index (χ1n) is 6.36.